The normalized spacial score (nSPS) is 25.9. The maximum absolute atomic E-state index is 13.6. The molecule has 3 aliphatic rings. The average molecular weight is 410 g/mol. The Kier molecular flexibility index (Phi) is 6.76. The zero-order chi connectivity index (χ0) is 20.9. The number of hydrogen-bond acceptors (Lipinski definition) is 3. The minimum absolute atomic E-state index is 0.0919. The number of carbonyl (C=O) groups is 2. The SMILES string of the molecule is CC(=O)N[C@H](C(=O)N1CCC2CCN(C=Cc3ccccc3)CC21)C1CCCCC1. The topological polar surface area (TPSA) is 52.7 Å². The number of fused-ring (bicyclic) bond motifs is 1. The van der Waals surface area contributed by atoms with E-state index in [0.29, 0.717) is 5.92 Å². The highest BCUT2D eigenvalue weighted by atomic mass is 16.2. The van der Waals surface area contributed by atoms with E-state index >= 15 is 0 Å². The molecule has 5 heteroatoms. The first-order valence-electron chi connectivity index (χ1n) is 11.7. The molecule has 30 heavy (non-hydrogen) atoms. The van der Waals surface area contributed by atoms with Crippen LogP contribution in [0.15, 0.2) is 36.5 Å². The molecule has 2 heterocycles. The summed E-state index contributed by atoms with van der Waals surface area (Å²) in [6.45, 7) is 4.29. The van der Waals surface area contributed by atoms with Crippen LogP contribution in [0.2, 0.25) is 0 Å². The molecule has 162 valence electrons. The van der Waals surface area contributed by atoms with Crippen LogP contribution in [0.4, 0.5) is 0 Å². The zero-order valence-corrected chi connectivity index (χ0v) is 18.1. The Morgan fingerprint density at radius 1 is 1.03 bits per heavy atom. The van der Waals surface area contributed by atoms with Crippen molar-refractivity contribution in [1.82, 2.24) is 15.1 Å². The van der Waals surface area contributed by atoms with Crippen LogP contribution in [0.3, 0.4) is 0 Å². The molecule has 3 atom stereocenters. The van der Waals surface area contributed by atoms with Crippen LogP contribution >= 0.6 is 0 Å². The van der Waals surface area contributed by atoms with Gasteiger partial charge in [0.05, 0.1) is 6.04 Å². The molecule has 2 aliphatic heterocycles. The third-order valence-corrected chi connectivity index (χ3v) is 7.20. The van der Waals surface area contributed by atoms with E-state index in [1.165, 1.54) is 18.9 Å². The van der Waals surface area contributed by atoms with Gasteiger partial charge in [0, 0.05) is 26.6 Å². The third kappa shape index (κ3) is 4.88. The number of likely N-dealkylation sites (tertiary alicyclic amines) is 2. The summed E-state index contributed by atoms with van der Waals surface area (Å²) in [5.41, 5.74) is 1.20. The van der Waals surface area contributed by atoms with Crippen LogP contribution in [-0.2, 0) is 9.59 Å². The monoisotopic (exact) mass is 409 g/mol. The van der Waals surface area contributed by atoms with E-state index < -0.39 is 0 Å². The molecular formula is C25H35N3O2. The first-order chi connectivity index (χ1) is 14.6. The highest BCUT2D eigenvalue weighted by molar-refractivity contribution is 5.87. The minimum Gasteiger partial charge on any atom is -0.375 e. The van der Waals surface area contributed by atoms with E-state index in [0.717, 1.165) is 58.2 Å². The van der Waals surface area contributed by atoms with E-state index in [9.17, 15) is 9.59 Å². The number of benzene rings is 1. The highest BCUT2D eigenvalue weighted by Gasteiger charge is 2.43. The van der Waals surface area contributed by atoms with Crippen LogP contribution in [0.1, 0.15) is 57.4 Å². The van der Waals surface area contributed by atoms with Crippen LogP contribution in [-0.4, -0.2) is 53.3 Å². The van der Waals surface area contributed by atoms with Gasteiger partial charge < -0.3 is 15.1 Å². The lowest BCUT2D eigenvalue weighted by Gasteiger charge is -2.40. The van der Waals surface area contributed by atoms with E-state index in [-0.39, 0.29) is 29.8 Å². The summed E-state index contributed by atoms with van der Waals surface area (Å²) in [6.07, 6.45) is 12.2. The van der Waals surface area contributed by atoms with E-state index in [1.54, 1.807) is 0 Å². The Hall–Kier alpha value is -2.30. The molecule has 2 saturated heterocycles. The Balaban J connectivity index is 1.44. The molecule has 5 nitrogen and oxygen atoms in total. The van der Waals surface area contributed by atoms with Crippen LogP contribution in [0, 0.1) is 11.8 Å². The van der Waals surface area contributed by atoms with Gasteiger partial charge >= 0.3 is 0 Å². The molecule has 0 aromatic heterocycles. The highest BCUT2D eigenvalue weighted by Crippen LogP contribution is 2.34. The molecule has 1 aromatic rings. The fourth-order valence-electron chi connectivity index (χ4n) is 5.58. The molecule has 1 aromatic carbocycles. The second-order valence-corrected chi connectivity index (χ2v) is 9.23. The van der Waals surface area contributed by atoms with Gasteiger partial charge in [-0.2, -0.15) is 0 Å². The van der Waals surface area contributed by atoms with Crippen molar-refractivity contribution in [2.24, 2.45) is 11.8 Å². The number of hydrogen-bond donors (Lipinski definition) is 1. The molecule has 1 saturated carbocycles. The van der Waals surface area contributed by atoms with Gasteiger partial charge in [0.15, 0.2) is 0 Å². The number of carbonyl (C=O) groups excluding carboxylic acids is 2. The van der Waals surface area contributed by atoms with E-state index in [2.05, 4.69) is 51.7 Å². The van der Waals surface area contributed by atoms with Gasteiger partial charge in [0.1, 0.15) is 6.04 Å². The van der Waals surface area contributed by atoms with Crippen molar-refractivity contribution >= 4 is 17.9 Å². The van der Waals surface area contributed by atoms with Crippen molar-refractivity contribution in [3.05, 3.63) is 42.1 Å². The smallest absolute Gasteiger partial charge is 0.245 e. The van der Waals surface area contributed by atoms with Crippen molar-refractivity contribution in [3.8, 4) is 0 Å². The largest absolute Gasteiger partial charge is 0.375 e. The summed E-state index contributed by atoms with van der Waals surface area (Å²) in [7, 11) is 0. The number of nitrogens with zero attached hydrogens (tertiary/aromatic N) is 2. The predicted molar refractivity (Wildman–Crippen MR) is 119 cm³/mol. The van der Waals surface area contributed by atoms with Crippen LogP contribution < -0.4 is 5.32 Å². The standard InChI is InChI=1S/C25H35N3O2/c1-19(29)26-24(22-10-6-3-7-11-22)25(30)28-17-14-21-13-16-27(18-23(21)28)15-12-20-8-4-2-5-9-20/h2,4-5,8-9,12,15,21-24H,3,6-7,10-11,13-14,16-18H2,1H3,(H,26,29)/t21?,23?,24-/m0/s1. The number of piperidine rings is 1. The first-order valence-corrected chi connectivity index (χ1v) is 11.7. The summed E-state index contributed by atoms with van der Waals surface area (Å²) in [5, 5.41) is 3.02. The fraction of sp³-hybridized carbons (Fsp3) is 0.600. The second kappa shape index (κ2) is 9.67. The van der Waals surface area contributed by atoms with Gasteiger partial charge in [-0.05, 0) is 55.4 Å². The summed E-state index contributed by atoms with van der Waals surface area (Å²) in [5.74, 6) is 0.927. The van der Waals surface area contributed by atoms with Crippen LogP contribution in [0.25, 0.3) is 6.08 Å². The van der Waals surface area contributed by atoms with Gasteiger partial charge in [-0.1, -0.05) is 49.6 Å². The predicted octanol–water partition coefficient (Wildman–Crippen LogP) is 3.67. The van der Waals surface area contributed by atoms with Crippen molar-refractivity contribution in [2.45, 2.75) is 64.0 Å². The Labute approximate surface area is 180 Å². The summed E-state index contributed by atoms with van der Waals surface area (Å²) < 4.78 is 0. The zero-order valence-electron chi connectivity index (χ0n) is 18.1. The van der Waals surface area contributed by atoms with E-state index in [4.69, 9.17) is 0 Å². The van der Waals surface area contributed by atoms with Crippen molar-refractivity contribution in [2.75, 3.05) is 19.6 Å². The van der Waals surface area contributed by atoms with Gasteiger partial charge in [0.25, 0.3) is 0 Å². The van der Waals surface area contributed by atoms with Gasteiger partial charge in [0.2, 0.25) is 11.8 Å². The molecule has 0 spiro atoms. The molecule has 3 fully saturated rings. The third-order valence-electron chi connectivity index (χ3n) is 7.20. The number of amides is 2. The first kappa shape index (κ1) is 21.0. The summed E-state index contributed by atoms with van der Waals surface area (Å²) >= 11 is 0. The molecule has 0 bridgehead atoms. The average Bonchev–Trinajstić information content (AvgIpc) is 3.20. The second-order valence-electron chi connectivity index (χ2n) is 9.23. The Morgan fingerprint density at radius 2 is 1.77 bits per heavy atom. The van der Waals surface area contributed by atoms with Crippen molar-refractivity contribution in [1.29, 1.82) is 0 Å². The lowest BCUT2D eigenvalue weighted by Crippen LogP contribution is -2.56. The Bertz CT molecular complexity index is 757. The molecule has 1 aliphatic carbocycles. The minimum atomic E-state index is -0.350. The maximum atomic E-state index is 13.6. The summed E-state index contributed by atoms with van der Waals surface area (Å²) in [4.78, 5) is 29.9. The quantitative estimate of drug-likeness (QED) is 0.807. The fourth-order valence-corrected chi connectivity index (χ4v) is 5.58. The van der Waals surface area contributed by atoms with Gasteiger partial charge in [-0.3, -0.25) is 9.59 Å². The molecule has 2 unspecified atom stereocenters. The van der Waals surface area contributed by atoms with Gasteiger partial charge in [-0.15, -0.1) is 0 Å². The molecular weight excluding hydrogens is 374 g/mol. The molecule has 1 N–H and O–H groups in total. The van der Waals surface area contributed by atoms with Gasteiger partial charge in [-0.25, -0.2) is 0 Å². The molecule has 2 amide bonds. The van der Waals surface area contributed by atoms with E-state index in [1.807, 2.05) is 6.07 Å². The Morgan fingerprint density at radius 3 is 2.50 bits per heavy atom. The summed E-state index contributed by atoms with van der Waals surface area (Å²) in [6, 6.07) is 10.3. The van der Waals surface area contributed by atoms with Crippen LogP contribution in [0.5, 0.6) is 0 Å². The number of rotatable bonds is 5. The van der Waals surface area contributed by atoms with Crippen molar-refractivity contribution < 1.29 is 9.59 Å². The lowest BCUT2D eigenvalue weighted by molar-refractivity contribution is -0.139. The lowest BCUT2D eigenvalue weighted by atomic mass is 9.83. The maximum Gasteiger partial charge on any atom is 0.245 e. The number of nitrogens with one attached hydrogen (secondary N) is 1. The van der Waals surface area contributed by atoms with Crippen molar-refractivity contribution in [3.63, 3.8) is 0 Å². The molecule has 4 rings (SSSR count). The molecule has 0 radical (unpaired) electrons.